The maximum Gasteiger partial charge on any atom is 0.333 e. The molecule has 7 nitrogen and oxygen atoms in total. The number of imidazole rings is 1. The van der Waals surface area contributed by atoms with E-state index in [2.05, 4.69) is 15.0 Å². The number of H-pyrrole nitrogens is 1. The van der Waals surface area contributed by atoms with Gasteiger partial charge in [0, 0.05) is 5.56 Å². The van der Waals surface area contributed by atoms with Crippen molar-refractivity contribution in [1.29, 1.82) is 0 Å². The van der Waals surface area contributed by atoms with Crippen LogP contribution in [0.2, 0.25) is 5.02 Å². The average Bonchev–Trinajstić information content (AvgIpc) is 3.20. The molecule has 0 saturated heterocycles. The summed E-state index contributed by atoms with van der Waals surface area (Å²) < 4.78 is 1.38. The predicted octanol–water partition coefficient (Wildman–Crippen LogP) is 2.59. The monoisotopic (exact) mass is 371 g/mol. The van der Waals surface area contributed by atoms with Crippen molar-refractivity contribution in [3.05, 3.63) is 63.0 Å². The third kappa shape index (κ3) is 2.51. The molecule has 0 bridgehead atoms. The molecule has 9 heteroatoms. The van der Waals surface area contributed by atoms with Crippen LogP contribution in [-0.4, -0.2) is 25.4 Å². The van der Waals surface area contributed by atoms with E-state index >= 15 is 0 Å². The number of carbonyl (C=O) groups excluding carboxylic acids is 1. The fraction of sp³-hybridized carbons (Fsp3) is 0. The van der Waals surface area contributed by atoms with Crippen molar-refractivity contribution < 1.29 is 4.79 Å². The molecule has 124 valence electrons. The first-order chi connectivity index (χ1) is 12.1. The minimum Gasteiger partial charge on any atom is -0.364 e. The largest absolute Gasteiger partial charge is 0.364 e. The van der Waals surface area contributed by atoms with Crippen LogP contribution in [-0.2, 0) is 0 Å². The van der Waals surface area contributed by atoms with Gasteiger partial charge in [-0.3, -0.25) is 4.79 Å². The van der Waals surface area contributed by atoms with E-state index in [0.717, 1.165) is 0 Å². The molecule has 0 aliphatic heterocycles. The minimum absolute atomic E-state index is 0.0627. The Hall–Kier alpha value is -2.97. The Balaban J connectivity index is 2.11. The lowest BCUT2D eigenvalue weighted by Gasteiger charge is -2.06. The Labute approximate surface area is 149 Å². The standard InChI is InChI=1S/C16H10ClN5O2S/c17-9-5-2-1-4-8(9)14-19-11(13(18)23)12-15(21-14)22(16(24)20-12)10-6-3-7-25-10/h1-7H,(H2,18,23)(H,20,24). The van der Waals surface area contributed by atoms with Crippen molar-refractivity contribution in [2.45, 2.75) is 0 Å². The number of hydrogen-bond acceptors (Lipinski definition) is 5. The molecule has 25 heavy (non-hydrogen) atoms. The van der Waals surface area contributed by atoms with E-state index in [1.54, 1.807) is 30.3 Å². The number of benzene rings is 1. The van der Waals surface area contributed by atoms with Crippen molar-refractivity contribution in [2.24, 2.45) is 5.73 Å². The lowest BCUT2D eigenvalue weighted by Crippen LogP contribution is -2.15. The van der Waals surface area contributed by atoms with Crippen molar-refractivity contribution in [3.63, 3.8) is 0 Å². The number of nitrogens with zero attached hydrogens (tertiary/aromatic N) is 3. The van der Waals surface area contributed by atoms with Crippen LogP contribution in [0, 0.1) is 0 Å². The molecule has 1 aromatic carbocycles. The number of hydrogen-bond donors (Lipinski definition) is 2. The number of rotatable bonds is 3. The highest BCUT2D eigenvalue weighted by Crippen LogP contribution is 2.27. The summed E-state index contributed by atoms with van der Waals surface area (Å²) in [4.78, 5) is 35.5. The van der Waals surface area contributed by atoms with Gasteiger partial charge in [-0.25, -0.2) is 19.3 Å². The first-order valence-electron chi connectivity index (χ1n) is 7.17. The highest BCUT2D eigenvalue weighted by Gasteiger charge is 2.21. The Morgan fingerprint density at radius 1 is 1.20 bits per heavy atom. The Bertz CT molecular complexity index is 1160. The van der Waals surface area contributed by atoms with E-state index in [0.29, 0.717) is 15.6 Å². The molecule has 3 heterocycles. The van der Waals surface area contributed by atoms with Crippen LogP contribution in [0.25, 0.3) is 27.6 Å². The van der Waals surface area contributed by atoms with Crippen LogP contribution in [0.15, 0.2) is 46.6 Å². The third-order valence-corrected chi connectivity index (χ3v) is 4.79. The normalized spacial score (nSPS) is 11.1. The zero-order valence-corrected chi connectivity index (χ0v) is 14.1. The number of nitrogens with one attached hydrogen (secondary N) is 1. The number of nitrogens with two attached hydrogens (primary N) is 1. The number of primary amides is 1. The second-order valence-corrected chi connectivity index (χ2v) is 6.49. The van der Waals surface area contributed by atoms with Gasteiger partial charge < -0.3 is 10.7 Å². The zero-order chi connectivity index (χ0) is 17.6. The highest BCUT2D eigenvalue weighted by molar-refractivity contribution is 7.12. The van der Waals surface area contributed by atoms with E-state index < -0.39 is 11.6 Å². The molecule has 4 rings (SSSR count). The van der Waals surface area contributed by atoms with Gasteiger partial charge in [0.05, 0.1) is 5.02 Å². The second-order valence-electron chi connectivity index (χ2n) is 5.16. The van der Waals surface area contributed by atoms with Crippen LogP contribution >= 0.6 is 22.9 Å². The SMILES string of the molecule is NC(=O)c1nc(-c2ccccc2Cl)nc2c1[nH]c(=O)n2-c1cccs1. The predicted molar refractivity (Wildman–Crippen MR) is 96.3 cm³/mol. The summed E-state index contributed by atoms with van der Waals surface area (Å²) in [7, 11) is 0. The maximum absolute atomic E-state index is 12.4. The molecule has 1 amide bonds. The van der Waals surface area contributed by atoms with Gasteiger partial charge in [0.1, 0.15) is 10.5 Å². The van der Waals surface area contributed by atoms with Crippen LogP contribution in [0.5, 0.6) is 0 Å². The first kappa shape index (κ1) is 15.6. The summed E-state index contributed by atoms with van der Waals surface area (Å²) in [6.07, 6.45) is 0. The van der Waals surface area contributed by atoms with E-state index in [9.17, 15) is 9.59 Å². The summed E-state index contributed by atoms with van der Waals surface area (Å²) in [5, 5.41) is 2.93. The summed E-state index contributed by atoms with van der Waals surface area (Å²) in [6, 6.07) is 10.6. The quantitative estimate of drug-likeness (QED) is 0.577. The fourth-order valence-electron chi connectivity index (χ4n) is 2.53. The molecule has 3 N–H and O–H groups in total. The number of aromatic amines is 1. The van der Waals surface area contributed by atoms with Gasteiger partial charge in [-0.1, -0.05) is 23.7 Å². The number of carbonyl (C=O) groups is 1. The molecule has 0 atom stereocenters. The second kappa shape index (κ2) is 5.83. The summed E-state index contributed by atoms with van der Waals surface area (Å²) >= 11 is 7.58. The van der Waals surface area contributed by atoms with Gasteiger partial charge in [0.25, 0.3) is 5.91 Å². The number of aromatic nitrogens is 4. The molecule has 4 aromatic rings. The van der Waals surface area contributed by atoms with Crippen LogP contribution < -0.4 is 11.4 Å². The van der Waals surface area contributed by atoms with Gasteiger partial charge in [0.15, 0.2) is 17.2 Å². The summed E-state index contributed by atoms with van der Waals surface area (Å²) in [5.74, 6) is -0.545. The van der Waals surface area contributed by atoms with Gasteiger partial charge in [-0.05, 0) is 29.6 Å². The first-order valence-corrected chi connectivity index (χ1v) is 8.43. The molecule has 3 aromatic heterocycles. The molecule has 0 fully saturated rings. The average molecular weight is 372 g/mol. The lowest BCUT2D eigenvalue weighted by molar-refractivity contribution is 0.0997. The molecule has 0 aliphatic rings. The molecule has 0 saturated carbocycles. The smallest absolute Gasteiger partial charge is 0.333 e. The highest BCUT2D eigenvalue weighted by atomic mass is 35.5. The van der Waals surface area contributed by atoms with E-state index in [-0.39, 0.29) is 22.7 Å². The summed E-state index contributed by atoms with van der Waals surface area (Å²) in [5.41, 5.74) is 5.97. The maximum atomic E-state index is 12.4. The van der Waals surface area contributed by atoms with E-state index in [1.165, 1.54) is 15.9 Å². The number of fused-ring (bicyclic) bond motifs is 1. The van der Waals surface area contributed by atoms with Gasteiger partial charge in [0.2, 0.25) is 0 Å². The Morgan fingerprint density at radius 2 is 2.00 bits per heavy atom. The third-order valence-electron chi connectivity index (χ3n) is 3.61. The fourth-order valence-corrected chi connectivity index (χ4v) is 3.48. The molecule has 0 spiro atoms. The Kier molecular flexibility index (Phi) is 3.63. The summed E-state index contributed by atoms with van der Waals surface area (Å²) in [6.45, 7) is 0. The topological polar surface area (TPSA) is 107 Å². The van der Waals surface area contributed by atoms with Gasteiger partial charge in [-0.15, -0.1) is 11.3 Å². The molecule has 0 radical (unpaired) electrons. The number of thiophene rings is 1. The van der Waals surface area contributed by atoms with Crippen molar-refractivity contribution in [3.8, 4) is 16.4 Å². The number of halogens is 1. The molecule has 0 aliphatic carbocycles. The number of amides is 1. The van der Waals surface area contributed by atoms with E-state index in [1.807, 2.05) is 11.4 Å². The van der Waals surface area contributed by atoms with Crippen molar-refractivity contribution in [1.82, 2.24) is 19.5 Å². The van der Waals surface area contributed by atoms with E-state index in [4.69, 9.17) is 17.3 Å². The van der Waals surface area contributed by atoms with Crippen LogP contribution in [0.1, 0.15) is 10.5 Å². The van der Waals surface area contributed by atoms with Crippen molar-refractivity contribution in [2.75, 3.05) is 0 Å². The zero-order valence-electron chi connectivity index (χ0n) is 12.6. The van der Waals surface area contributed by atoms with Crippen LogP contribution in [0.4, 0.5) is 0 Å². The van der Waals surface area contributed by atoms with Crippen molar-refractivity contribution >= 4 is 40.0 Å². The molecule has 0 unspecified atom stereocenters. The Morgan fingerprint density at radius 3 is 2.68 bits per heavy atom. The molecular weight excluding hydrogens is 362 g/mol. The minimum atomic E-state index is -0.764. The van der Waals surface area contributed by atoms with Gasteiger partial charge in [-0.2, -0.15) is 0 Å². The van der Waals surface area contributed by atoms with Crippen LogP contribution in [0.3, 0.4) is 0 Å². The van der Waals surface area contributed by atoms with Gasteiger partial charge >= 0.3 is 5.69 Å². The molecular formula is C16H10ClN5O2S. The lowest BCUT2D eigenvalue weighted by atomic mass is 10.2.